The lowest BCUT2D eigenvalue weighted by molar-refractivity contribution is 0.340. The molecule has 0 aliphatic carbocycles. The first-order valence-electron chi connectivity index (χ1n) is 6.35. The molecule has 4 nitrogen and oxygen atoms in total. The summed E-state index contributed by atoms with van der Waals surface area (Å²) in [5.41, 5.74) is 8.03. The number of nitrogens with zero attached hydrogens (tertiary/aromatic N) is 2. The molecule has 3 aromatic rings. The molecule has 0 spiro atoms. The number of ether oxygens (including phenoxy) is 1. The summed E-state index contributed by atoms with van der Waals surface area (Å²) in [5, 5.41) is 0. The van der Waals surface area contributed by atoms with Crippen molar-refractivity contribution < 1.29 is 9.13 Å². The average Bonchev–Trinajstić information content (AvgIpc) is 2.75. The Kier molecular flexibility index (Phi) is 3.02. The van der Waals surface area contributed by atoms with E-state index in [1.165, 1.54) is 12.1 Å². The number of anilines is 1. The van der Waals surface area contributed by atoms with Gasteiger partial charge in [-0.3, -0.25) is 4.57 Å². The molecule has 5 heteroatoms. The van der Waals surface area contributed by atoms with Crippen LogP contribution in [0.3, 0.4) is 0 Å². The van der Waals surface area contributed by atoms with E-state index in [9.17, 15) is 4.39 Å². The first-order valence-corrected chi connectivity index (χ1v) is 6.35. The van der Waals surface area contributed by atoms with Gasteiger partial charge in [0, 0.05) is 12.1 Å². The number of benzene rings is 2. The number of aromatic nitrogens is 2. The largest absolute Gasteiger partial charge is 0.494 e. The molecule has 0 radical (unpaired) electrons. The van der Waals surface area contributed by atoms with Gasteiger partial charge in [0.05, 0.1) is 23.3 Å². The number of hydrogen-bond acceptors (Lipinski definition) is 3. The summed E-state index contributed by atoms with van der Waals surface area (Å²) in [5.74, 6) is 0.738. The molecule has 102 valence electrons. The molecule has 1 aromatic heterocycles. The van der Waals surface area contributed by atoms with E-state index in [2.05, 4.69) is 4.98 Å². The van der Waals surface area contributed by atoms with Gasteiger partial charge in [-0.2, -0.15) is 0 Å². The molecule has 2 aromatic carbocycles. The van der Waals surface area contributed by atoms with Crippen LogP contribution in [0.4, 0.5) is 10.3 Å². The van der Waals surface area contributed by atoms with Crippen molar-refractivity contribution in [1.29, 1.82) is 0 Å². The summed E-state index contributed by atoms with van der Waals surface area (Å²) in [6.07, 6.45) is 0. The quantitative estimate of drug-likeness (QED) is 0.796. The summed E-state index contributed by atoms with van der Waals surface area (Å²) in [6.45, 7) is 2.50. The van der Waals surface area contributed by atoms with Gasteiger partial charge in [-0.05, 0) is 31.2 Å². The monoisotopic (exact) mass is 271 g/mol. The van der Waals surface area contributed by atoms with Gasteiger partial charge in [0.15, 0.2) is 0 Å². The predicted molar refractivity (Wildman–Crippen MR) is 76.6 cm³/mol. The summed E-state index contributed by atoms with van der Waals surface area (Å²) >= 11 is 0. The standard InChI is InChI=1S/C15H14FN3O/c1-2-20-12-5-3-4-11(9-12)19-14-8-10(16)6-7-13(14)18-15(19)17/h3-9H,2H2,1H3,(H2,17,18). The van der Waals surface area contributed by atoms with Gasteiger partial charge >= 0.3 is 0 Å². The van der Waals surface area contributed by atoms with E-state index in [4.69, 9.17) is 10.5 Å². The zero-order valence-electron chi connectivity index (χ0n) is 11.0. The second kappa shape index (κ2) is 4.85. The second-order valence-corrected chi connectivity index (χ2v) is 4.37. The van der Waals surface area contributed by atoms with Crippen molar-refractivity contribution in [1.82, 2.24) is 9.55 Å². The molecule has 20 heavy (non-hydrogen) atoms. The van der Waals surface area contributed by atoms with Crippen LogP contribution in [0, 0.1) is 5.82 Å². The fourth-order valence-corrected chi connectivity index (χ4v) is 2.22. The Morgan fingerprint density at radius 2 is 2.10 bits per heavy atom. The summed E-state index contributed by atoms with van der Waals surface area (Å²) in [6, 6.07) is 11.9. The van der Waals surface area contributed by atoms with Crippen LogP contribution in [0.5, 0.6) is 5.75 Å². The molecule has 0 aliphatic heterocycles. The molecule has 1 heterocycles. The van der Waals surface area contributed by atoms with Crippen LogP contribution < -0.4 is 10.5 Å². The van der Waals surface area contributed by atoms with Gasteiger partial charge < -0.3 is 10.5 Å². The minimum absolute atomic E-state index is 0.319. The number of hydrogen-bond donors (Lipinski definition) is 1. The van der Waals surface area contributed by atoms with E-state index >= 15 is 0 Å². The highest BCUT2D eigenvalue weighted by atomic mass is 19.1. The summed E-state index contributed by atoms with van der Waals surface area (Å²) in [7, 11) is 0. The van der Waals surface area contributed by atoms with Crippen molar-refractivity contribution in [3.05, 3.63) is 48.3 Å². The van der Waals surface area contributed by atoms with Crippen LogP contribution in [0.1, 0.15) is 6.92 Å². The number of imidazole rings is 1. The molecule has 0 aliphatic rings. The molecule has 2 N–H and O–H groups in total. The fourth-order valence-electron chi connectivity index (χ4n) is 2.22. The van der Waals surface area contributed by atoms with Gasteiger partial charge in [-0.1, -0.05) is 6.07 Å². The van der Waals surface area contributed by atoms with Crippen molar-refractivity contribution in [2.75, 3.05) is 12.3 Å². The molecular formula is C15H14FN3O. The minimum atomic E-state index is -0.320. The second-order valence-electron chi connectivity index (χ2n) is 4.37. The van der Waals surface area contributed by atoms with Crippen molar-refractivity contribution in [2.45, 2.75) is 6.92 Å². The highest BCUT2D eigenvalue weighted by Gasteiger charge is 2.11. The molecule has 0 atom stereocenters. The lowest BCUT2D eigenvalue weighted by Crippen LogP contribution is -2.01. The van der Waals surface area contributed by atoms with E-state index in [0.717, 1.165) is 11.4 Å². The van der Waals surface area contributed by atoms with Crippen LogP contribution in [-0.4, -0.2) is 16.2 Å². The first-order chi connectivity index (χ1) is 9.69. The maximum absolute atomic E-state index is 13.4. The Labute approximate surface area is 115 Å². The maximum Gasteiger partial charge on any atom is 0.205 e. The molecule has 0 amide bonds. The SMILES string of the molecule is CCOc1cccc(-n2c(N)nc3ccc(F)cc32)c1. The highest BCUT2D eigenvalue weighted by Crippen LogP contribution is 2.25. The van der Waals surface area contributed by atoms with Gasteiger partial charge in [0.2, 0.25) is 5.95 Å². The van der Waals surface area contributed by atoms with Crippen molar-refractivity contribution in [3.8, 4) is 11.4 Å². The Hall–Kier alpha value is -2.56. The molecular weight excluding hydrogens is 257 g/mol. The number of halogens is 1. The van der Waals surface area contributed by atoms with Crippen molar-refractivity contribution in [3.63, 3.8) is 0 Å². The van der Waals surface area contributed by atoms with E-state index in [0.29, 0.717) is 23.6 Å². The number of nitrogen functional groups attached to an aromatic ring is 1. The highest BCUT2D eigenvalue weighted by molar-refractivity contribution is 5.81. The van der Waals surface area contributed by atoms with Gasteiger partial charge in [0.25, 0.3) is 0 Å². The lowest BCUT2D eigenvalue weighted by atomic mass is 10.2. The molecule has 0 bridgehead atoms. The minimum Gasteiger partial charge on any atom is -0.494 e. The fraction of sp³-hybridized carbons (Fsp3) is 0.133. The van der Waals surface area contributed by atoms with Crippen LogP contribution in [0.15, 0.2) is 42.5 Å². The number of rotatable bonds is 3. The van der Waals surface area contributed by atoms with E-state index in [1.54, 1.807) is 10.6 Å². The van der Waals surface area contributed by atoms with Gasteiger partial charge in [-0.25, -0.2) is 9.37 Å². The molecule has 3 rings (SSSR count). The topological polar surface area (TPSA) is 53.1 Å². The molecule has 0 unspecified atom stereocenters. The average molecular weight is 271 g/mol. The van der Waals surface area contributed by atoms with E-state index in [-0.39, 0.29) is 5.82 Å². The number of fused-ring (bicyclic) bond motifs is 1. The van der Waals surface area contributed by atoms with Crippen molar-refractivity contribution >= 4 is 17.0 Å². The Bertz CT molecular complexity index is 767. The Morgan fingerprint density at radius 3 is 2.90 bits per heavy atom. The third-order valence-electron chi connectivity index (χ3n) is 3.03. The van der Waals surface area contributed by atoms with Gasteiger partial charge in [-0.15, -0.1) is 0 Å². The van der Waals surface area contributed by atoms with Crippen LogP contribution in [0.2, 0.25) is 0 Å². The summed E-state index contributed by atoms with van der Waals surface area (Å²) in [4.78, 5) is 4.24. The third kappa shape index (κ3) is 2.07. The zero-order chi connectivity index (χ0) is 14.1. The lowest BCUT2D eigenvalue weighted by Gasteiger charge is -2.09. The molecule has 0 fully saturated rings. The van der Waals surface area contributed by atoms with Crippen LogP contribution in [0.25, 0.3) is 16.7 Å². The zero-order valence-corrected chi connectivity index (χ0v) is 11.0. The maximum atomic E-state index is 13.4. The van der Waals surface area contributed by atoms with Crippen LogP contribution in [-0.2, 0) is 0 Å². The van der Waals surface area contributed by atoms with E-state index < -0.39 is 0 Å². The smallest absolute Gasteiger partial charge is 0.205 e. The molecule has 0 saturated carbocycles. The Balaban J connectivity index is 2.20. The normalized spacial score (nSPS) is 10.9. The van der Waals surface area contributed by atoms with Gasteiger partial charge in [0.1, 0.15) is 11.6 Å². The molecule has 0 saturated heterocycles. The predicted octanol–water partition coefficient (Wildman–Crippen LogP) is 3.15. The van der Waals surface area contributed by atoms with Crippen LogP contribution >= 0.6 is 0 Å². The van der Waals surface area contributed by atoms with Crippen molar-refractivity contribution in [2.24, 2.45) is 0 Å². The Morgan fingerprint density at radius 1 is 1.25 bits per heavy atom. The summed E-state index contributed by atoms with van der Waals surface area (Å²) < 4.78 is 20.6. The first kappa shape index (κ1) is 12.5. The number of nitrogens with two attached hydrogens (primary N) is 1. The third-order valence-corrected chi connectivity index (χ3v) is 3.03. The van der Waals surface area contributed by atoms with E-state index in [1.807, 2.05) is 31.2 Å².